The number of carbonyl (C=O) groups excluding carboxylic acids is 2. The number of methoxy groups -OCH3 is 1. The number of ether oxygens (including phenoxy) is 1. The number of nitrogens with zero attached hydrogens (tertiary/aromatic N) is 6. The Morgan fingerprint density at radius 1 is 1.24 bits per heavy atom. The van der Waals surface area contributed by atoms with E-state index in [4.69, 9.17) is 10.5 Å². The third-order valence-corrected chi connectivity index (χ3v) is 6.89. The number of carbonyl (C=O) groups is 2. The number of benzene rings is 1. The second-order valence-electron chi connectivity index (χ2n) is 8.85. The molecule has 3 aromatic rings. The highest BCUT2D eigenvalue weighted by Gasteiger charge is 2.40. The van der Waals surface area contributed by atoms with Crippen molar-refractivity contribution >= 4 is 34.3 Å². The van der Waals surface area contributed by atoms with Crippen LogP contribution in [0.15, 0.2) is 12.1 Å². The third-order valence-electron chi connectivity index (χ3n) is 6.89. The minimum atomic E-state index is -0.526. The number of hydrogen-bond donors (Lipinski definition) is 1. The fourth-order valence-corrected chi connectivity index (χ4v) is 4.89. The number of amides is 2. The fraction of sp³-hybridized carbons (Fsp3) is 0.500. The van der Waals surface area contributed by atoms with Crippen LogP contribution in [0.2, 0.25) is 0 Å². The van der Waals surface area contributed by atoms with Crippen molar-refractivity contribution in [2.75, 3.05) is 26.4 Å². The molecule has 1 aromatic carbocycles. The van der Waals surface area contributed by atoms with Crippen molar-refractivity contribution < 1.29 is 18.7 Å². The maximum Gasteiger partial charge on any atom is 0.245 e. The molecule has 0 bridgehead atoms. The molecule has 2 N–H and O–H groups in total. The van der Waals surface area contributed by atoms with Crippen LogP contribution in [0.4, 0.5) is 10.3 Å². The Kier molecular flexibility index (Phi) is 5.06. The smallest absolute Gasteiger partial charge is 0.245 e. The Morgan fingerprint density at radius 2 is 2.03 bits per heavy atom. The van der Waals surface area contributed by atoms with Crippen molar-refractivity contribution in [3.8, 4) is 5.75 Å². The Balaban J connectivity index is 1.49. The maximum atomic E-state index is 14.4. The number of likely N-dealkylation sites (N-methyl/N-ethyl adjacent to an activating group) is 1. The van der Waals surface area contributed by atoms with E-state index in [0.29, 0.717) is 41.8 Å². The van der Waals surface area contributed by atoms with Crippen molar-refractivity contribution in [3.05, 3.63) is 23.8 Å². The summed E-state index contributed by atoms with van der Waals surface area (Å²) in [6, 6.07) is 2.44. The minimum Gasteiger partial charge on any atom is -0.494 e. The highest BCUT2D eigenvalue weighted by atomic mass is 19.1. The zero-order valence-corrected chi connectivity index (χ0v) is 18.8. The molecule has 33 heavy (non-hydrogen) atoms. The van der Waals surface area contributed by atoms with Crippen LogP contribution >= 0.6 is 0 Å². The molecule has 2 aliphatic rings. The van der Waals surface area contributed by atoms with Gasteiger partial charge in [0.2, 0.25) is 17.8 Å². The summed E-state index contributed by atoms with van der Waals surface area (Å²) in [5, 5.41) is 5.04. The summed E-state index contributed by atoms with van der Waals surface area (Å²) in [5.41, 5.74) is 6.98. The summed E-state index contributed by atoms with van der Waals surface area (Å²) < 4.78 is 20.8. The number of nitrogens with two attached hydrogens (primary N) is 1. The lowest BCUT2D eigenvalue weighted by Crippen LogP contribution is -2.52. The van der Waals surface area contributed by atoms with Crippen LogP contribution in [-0.4, -0.2) is 74.0 Å². The second kappa shape index (κ2) is 7.82. The number of fused-ring (bicyclic) bond motifs is 3. The van der Waals surface area contributed by atoms with Crippen LogP contribution in [0.25, 0.3) is 16.6 Å². The summed E-state index contributed by atoms with van der Waals surface area (Å²) in [5.74, 6) is 0.0668. The van der Waals surface area contributed by atoms with E-state index in [1.165, 1.54) is 23.8 Å². The summed E-state index contributed by atoms with van der Waals surface area (Å²) >= 11 is 0. The van der Waals surface area contributed by atoms with Gasteiger partial charge in [0.25, 0.3) is 0 Å². The van der Waals surface area contributed by atoms with Crippen molar-refractivity contribution in [1.82, 2.24) is 29.4 Å². The van der Waals surface area contributed by atoms with Gasteiger partial charge in [-0.1, -0.05) is 0 Å². The maximum absolute atomic E-state index is 14.4. The van der Waals surface area contributed by atoms with Crippen molar-refractivity contribution in [3.63, 3.8) is 0 Å². The van der Waals surface area contributed by atoms with Gasteiger partial charge in [0.15, 0.2) is 23.0 Å². The topological polar surface area (TPSA) is 119 Å². The first-order valence-electron chi connectivity index (χ1n) is 11.0. The second-order valence-corrected chi connectivity index (χ2v) is 8.85. The van der Waals surface area contributed by atoms with Crippen LogP contribution in [0, 0.1) is 5.82 Å². The van der Waals surface area contributed by atoms with Gasteiger partial charge in [0.1, 0.15) is 6.04 Å². The summed E-state index contributed by atoms with van der Waals surface area (Å²) in [4.78, 5) is 37.6. The van der Waals surface area contributed by atoms with Crippen molar-refractivity contribution in [1.29, 1.82) is 0 Å². The molecule has 2 saturated heterocycles. The van der Waals surface area contributed by atoms with E-state index >= 15 is 0 Å². The lowest BCUT2D eigenvalue weighted by molar-refractivity contribution is -0.143. The SMILES string of the molecule is COc1cc2nc(N)n3nc([C@@H]4CC[C@H](C)N(C(=O)C5CCC(=O)N5C)C4)nc3c2cc1F. The van der Waals surface area contributed by atoms with E-state index in [2.05, 4.69) is 15.1 Å². The number of halogens is 1. The van der Waals surface area contributed by atoms with Gasteiger partial charge < -0.3 is 20.3 Å². The zero-order chi connectivity index (χ0) is 23.4. The minimum absolute atomic E-state index is 0.00436. The van der Waals surface area contributed by atoms with Gasteiger partial charge in [0, 0.05) is 43.4 Å². The molecule has 2 fully saturated rings. The molecule has 10 nitrogen and oxygen atoms in total. The van der Waals surface area contributed by atoms with Crippen LogP contribution in [0.5, 0.6) is 5.75 Å². The van der Waals surface area contributed by atoms with Crippen LogP contribution < -0.4 is 10.5 Å². The molecule has 4 heterocycles. The van der Waals surface area contributed by atoms with Gasteiger partial charge in [-0.2, -0.15) is 4.52 Å². The van der Waals surface area contributed by atoms with E-state index in [0.717, 1.165) is 12.8 Å². The van der Waals surface area contributed by atoms with Gasteiger partial charge in [-0.25, -0.2) is 14.4 Å². The average molecular weight is 455 g/mol. The number of aromatic nitrogens is 4. The van der Waals surface area contributed by atoms with Crippen molar-refractivity contribution in [2.24, 2.45) is 0 Å². The fourth-order valence-electron chi connectivity index (χ4n) is 4.89. The number of piperidine rings is 1. The van der Waals surface area contributed by atoms with E-state index in [1.54, 1.807) is 11.9 Å². The quantitative estimate of drug-likeness (QED) is 0.639. The average Bonchev–Trinajstić information content (AvgIpc) is 3.39. The Morgan fingerprint density at radius 3 is 2.73 bits per heavy atom. The molecule has 2 amide bonds. The molecule has 0 spiro atoms. The van der Waals surface area contributed by atoms with E-state index in [1.807, 2.05) is 11.8 Å². The van der Waals surface area contributed by atoms with Crippen molar-refractivity contribution in [2.45, 2.75) is 50.6 Å². The number of likely N-dealkylation sites (tertiary alicyclic amines) is 2. The van der Waals surface area contributed by atoms with Gasteiger partial charge in [-0.3, -0.25) is 9.59 Å². The molecule has 0 aliphatic carbocycles. The number of nitrogen functional groups attached to an aromatic ring is 1. The molecule has 0 saturated carbocycles. The van der Waals surface area contributed by atoms with E-state index in [-0.39, 0.29) is 35.5 Å². The standard InChI is InChI=1S/C22H26FN7O3/c1-11-4-5-12(10-29(11)21(32)16-6-7-18(31)28(16)2)19-26-20-13-8-14(23)17(33-3)9-15(13)25-22(24)30(20)27-19/h8-9,11-12,16H,4-7,10H2,1-3H3,(H2,24,25)/t11-,12+,16?/m0/s1. The van der Waals surface area contributed by atoms with Gasteiger partial charge in [-0.05, 0) is 32.3 Å². The predicted octanol–water partition coefficient (Wildman–Crippen LogP) is 1.72. The third kappa shape index (κ3) is 3.42. The normalized spacial score (nSPS) is 23.6. The molecule has 174 valence electrons. The van der Waals surface area contributed by atoms with Gasteiger partial charge in [0.05, 0.1) is 12.6 Å². The monoisotopic (exact) mass is 455 g/mol. The van der Waals surface area contributed by atoms with E-state index in [9.17, 15) is 14.0 Å². The predicted molar refractivity (Wildman–Crippen MR) is 118 cm³/mol. The molecule has 3 atom stereocenters. The molecule has 5 rings (SSSR count). The van der Waals surface area contributed by atoms with E-state index < -0.39 is 11.9 Å². The first-order valence-corrected chi connectivity index (χ1v) is 11.0. The Hall–Kier alpha value is -3.50. The molecule has 0 radical (unpaired) electrons. The summed E-state index contributed by atoms with van der Waals surface area (Å²) in [6.45, 7) is 2.47. The Bertz CT molecular complexity index is 1280. The highest BCUT2D eigenvalue weighted by Crippen LogP contribution is 2.33. The lowest BCUT2D eigenvalue weighted by atomic mass is 9.92. The highest BCUT2D eigenvalue weighted by molar-refractivity contribution is 5.93. The molecule has 1 unspecified atom stereocenters. The summed E-state index contributed by atoms with van der Waals surface area (Å²) in [7, 11) is 3.07. The number of hydrogen-bond acceptors (Lipinski definition) is 7. The van der Waals surface area contributed by atoms with Gasteiger partial charge >= 0.3 is 0 Å². The zero-order valence-electron chi connectivity index (χ0n) is 18.8. The lowest BCUT2D eigenvalue weighted by Gasteiger charge is -2.39. The first kappa shape index (κ1) is 21.4. The van der Waals surface area contributed by atoms with Crippen LogP contribution in [0.1, 0.15) is 44.3 Å². The summed E-state index contributed by atoms with van der Waals surface area (Å²) in [6.07, 6.45) is 2.52. The molecule has 2 aromatic heterocycles. The number of rotatable bonds is 3. The first-order chi connectivity index (χ1) is 15.8. The molecular weight excluding hydrogens is 429 g/mol. The van der Waals surface area contributed by atoms with Crippen LogP contribution in [-0.2, 0) is 9.59 Å². The number of anilines is 1. The largest absolute Gasteiger partial charge is 0.494 e. The van der Waals surface area contributed by atoms with Gasteiger partial charge in [-0.15, -0.1) is 5.10 Å². The van der Waals surface area contributed by atoms with Crippen LogP contribution in [0.3, 0.4) is 0 Å². The molecule has 11 heteroatoms. The Labute approximate surface area is 189 Å². The molecule has 2 aliphatic heterocycles. The molecular formula is C22H26FN7O3.